The monoisotopic (exact) mass is 424 g/mol. The molecule has 0 spiro atoms. The summed E-state index contributed by atoms with van der Waals surface area (Å²) in [4.78, 5) is 12.4. The van der Waals surface area contributed by atoms with E-state index in [2.05, 4.69) is 46.9 Å². The molecule has 0 unspecified atom stereocenters. The third-order valence-electron chi connectivity index (χ3n) is 5.68. The van der Waals surface area contributed by atoms with Crippen LogP contribution in [0, 0.1) is 6.92 Å². The number of nitrogens with one attached hydrogen (secondary N) is 1. The first-order valence-corrected chi connectivity index (χ1v) is 10.8. The van der Waals surface area contributed by atoms with Gasteiger partial charge in [-0.05, 0) is 54.5 Å². The number of nitrogens with zero attached hydrogens (tertiary/aromatic N) is 1. The van der Waals surface area contributed by atoms with E-state index in [9.17, 15) is 4.79 Å². The van der Waals surface area contributed by atoms with Crippen molar-refractivity contribution in [2.75, 3.05) is 11.9 Å². The van der Waals surface area contributed by atoms with E-state index >= 15 is 0 Å². The van der Waals surface area contributed by atoms with E-state index in [1.54, 1.807) is 6.92 Å². The molecule has 1 saturated carbocycles. The summed E-state index contributed by atoms with van der Waals surface area (Å²) in [6.07, 6.45) is 2.61. The molecule has 1 N–H and O–H groups in total. The second kappa shape index (κ2) is 8.71. The lowest BCUT2D eigenvalue weighted by Gasteiger charge is -2.08. The number of carbonyl (C=O) groups excluding carboxylic acids is 1. The Morgan fingerprint density at radius 1 is 0.938 bits per heavy atom. The lowest BCUT2D eigenvalue weighted by molar-refractivity contribution is -0.118. The van der Waals surface area contributed by atoms with Gasteiger partial charge in [-0.25, -0.2) is 0 Å². The largest absolute Gasteiger partial charge is 0.484 e. The summed E-state index contributed by atoms with van der Waals surface area (Å²) in [5.74, 6) is 1.67. The van der Waals surface area contributed by atoms with Crippen LogP contribution < -0.4 is 10.1 Å². The second-order valence-corrected chi connectivity index (χ2v) is 8.10. The summed E-state index contributed by atoms with van der Waals surface area (Å²) in [5, 5.41) is 6.92. The number of benzene rings is 3. The van der Waals surface area contributed by atoms with E-state index in [4.69, 9.17) is 9.26 Å². The van der Waals surface area contributed by atoms with Crippen LogP contribution in [0.15, 0.2) is 83.4 Å². The fourth-order valence-electron chi connectivity index (χ4n) is 3.73. The number of anilines is 1. The van der Waals surface area contributed by atoms with Crippen molar-refractivity contribution in [3.8, 4) is 28.2 Å². The number of carbonyl (C=O) groups is 1. The summed E-state index contributed by atoms with van der Waals surface area (Å²) in [6, 6.07) is 26.1. The second-order valence-electron chi connectivity index (χ2n) is 8.10. The Kier molecular flexibility index (Phi) is 5.46. The molecule has 5 rings (SSSR count). The van der Waals surface area contributed by atoms with Crippen LogP contribution in [0.25, 0.3) is 22.5 Å². The predicted molar refractivity (Wildman–Crippen MR) is 125 cm³/mol. The average molecular weight is 425 g/mol. The maximum atomic E-state index is 12.4. The minimum atomic E-state index is -0.270. The van der Waals surface area contributed by atoms with Crippen molar-refractivity contribution in [2.24, 2.45) is 0 Å². The molecule has 1 heterocycles. The SMILES string of the molecule is Cc1noc(-c2ccc(-c3ccc(C4CC4)cc3)cc2)c1NC(=O)COc1ccccc1. The molecule has 0 atom stereocenters. The number of hydrogen-bond acceptors (Lipinski definition) is 4. The molecule has 1 fully saturated rings. The fraction of sp³-hybridized carbons (Fsp3) is 0.185. The van der Waals surface area contributed by atoms with Crippen LogP contribution in [0.1, 0.15) is 30.0 Å². The zero-order chi connectivity index (χ0) is 21.9. The summed E-state index contributed by atoms with van der Waals surface area (Å²) in [7, 11) is 0. The minimum absolute atomic E-state index is 0.0934. The van der Waals surface area contributed by atoms with Crippen molar-refractivity contribution in [1.82, 2.24) is 5.16 Å². The van der Waals surface area contributed by atoms with Gasteiger partial charge in [0, 0.05) is 5.56 Å². The lowest BCUT2D eigenvalue weighted by Crippen LogP contribution is -2.20. The molecule has 4 aromatic rings. The zero-order valence-electron chi connectivity index (χ0n) is 17.9. The van der Waals surface area contributed by atoms with Gasteiger partial charge in [0.1, 0.15) is 17.1 Å². The van der Waals surface area contributed by atoms with Crippen LogP contribution in [-0.4, -0.2) is 17.7 Å². The molecular formula is C27H24N2O3. The number of aromatic nitrogens is 1. The van der Waals surface area contributed by atoms with E-state index < -0.39 is 0 Å². The lowest BCUT2D eigenvalue weighted by atomic mass is 10.0. The van der Waals surface area contributed by atoms with Gasteiger partial charge in [0.15, 0.2) is 12.4 Å². The van der Waals surface area contributed by atoms with E-state index in [0.29, 0.717) is 22.9 Å². The van der Waals surface area contributed by atoms with Crippen LogP contribution >= 0.6 is 0 Å². The maximum absolute atomic E-state index is 12.4. The van der Waals surface area contributed by atoms with Gasteiger partial charge in [0.2, 0.25) is 0 Å². The number of aryl methyl sites for hydroxylation is 1. The molecule has 32 heavy (non-hydrogen) atoms. The summed E-state index contributed by atoms with van der Waals surface area (Å²) in [5.41, 5.74) is 5.78. The molecule has 0 saturated heterocycles. The first-order valence-electron chi connectivity index (χ1n) is 10.8. The quantitative estimate of drug-likeness (QED) is 0.383. The molecule has 1 amide bonds. The molecule has 3 aromatic carbocycles. The molecular weight excluding hydrogens is 400 g/mol. The highest BCUT2D eigenvalue weighted by molar-refractivity contribution is 5.96. The summed E-state index contributed by atoms with van der Waals surface area (Å²) < 4.78 is 11.1. The first kappa shape index (κ1) is 20.1. The van der Waals surface area contributed by atoms with E-state index in [0.717, 1.165) is 17.0 Å². The van der Waals surface area contributed by atoms with Gasteiger partial charge in [0.25, 0.3) is 5.91 Å². The van der Waals surface area contributed by atoms with Gasteiger partial charge in [-0.3, -0.25) is 4.79 Å². The highest BCUT2D eigenvalue weighted by Crippen LogP contribution is 2.40. The van der Waals surface area contributed by atoms with Crippen molar-refractivity contribution in [3.63, 3.8) is 0 Å². The molecule has 5 heteroatoms. The van der Waals surface area contributed by atoms with E-state index in [1.165, 1.54) is 24.0 Å². The maximum Gasteiger partial charge on any atom is 0.262 e. The van der Waals surface area contributed by atoms with E-state index in [-0.39, 0.29) is 12.5 Å². The first-order chi connectivity index (χ1) is 15.7. The topological polar surface area (TPSA) is 64.4 Å². The number of para-hydroxylation sites is 1. The van der Waals surface area contributed by atoms with Crippen LogP contribution in [0.4, 0.5) is 5.69 Å². The summed E-state index contributed by atoms with van der Waals surface area (Å²) >= 11 is 0. The molecule has 1 aromatic heterocycles. The van der Waals surface area contributed by atoms with Crippen LogP contribution in [0.5, 0.6) is 5.75 Å². The van der Waals surface area contributed by atoms with Crippen LogP contribution in [0.3, 0.4) is 0 Å². The van der Waals surface area contributed by atoms with Crippen molar-refractivity contribution < 1.29 is 14.1 Å². The third-order valence-corrected chi connectivity index (χ3v) is 5.68. The molecule has 1 aliphatic carbocycles. The standard InChI is InChI=1S/C27H24N2O3/c1-18-26(28-25(30)17-31-24-5-3-2-4-6-24)27(32-29-18)23-15-13-22(14-16-23)21-11-9-20(10-12-21)19-7-8-19/h2-6,9-16,19H,7-8,17H2,1H3,(H,28,30). The Morgan fingerprint density at radius 3 is 2.22 bits per heavy atom. The summed E-state index contributed by atoms with van der Waals surface area (Å²) in [6.45, 7) is 1.71. The molecule has 0 bridgehead atoms. The van der Waals surface area contributed by atoms with Gasteiger partial charge >= 0.3 is 0 Å². The predicted octanol–water partition coefficient (Wildman–Crippen LogP) is 6.21. The number of rotatable bonds is 7. The van der Waals surface area contributed by atoms with Gasteiger partial charge in [-0.1, -0.05) is 71.9 Å². The van der Waals surface area contributed by atoms with Crippen molar-refractivity contribution in [2.45, 2.75) is 25.7 Å². The molecule has 160 valence electrons. The molecule has 5 nitrogen and oxygen atoms in total. The highest BCUT2D eigenvalue weighted by Gasteiger charge is 2.23. The smallest absolute Gasteiger partial charge is 0.262 e. The number of hydrogen-bond donors (Lipinski definition) is 1. The number of amides is 1. The normalized spacial score (nSPS) is 13.0. The Hall–Kier alpha value is -3.86. The average Bonchev–Trinajstić information content (AvgIpc) is 3.63. The van der Waals surface area contributed by atoms with Gasteiger partial charge < -0.3 is 14.6 Å². The van der Waals surface area contributed by atoms with Crippen LogP contribution in [0.2, 0.25) is 0 Å². The Labute approximate surface area is 187 Å². The molecule has 1 aliphatic rings. The zero-order valence-corrected chi connectivity index (χ0v) is 17.9. The Morgan fingerprint density at radius 2 is 1.56 bits per heavy atom. The Balaban J connectivity index is 1.29. The van der Waals surface area contributed by atoms with Gasteiger partial charge in [0.05, 0.1) is 0 Å². The van der Waals surface area contributed by atoms with E-state index in [1.807, 2.05) is 42.5 Å². The van der Waals surface area contributed by atoms with Crippen LogP contribution in [-0.2, 0) is 4.79 Å². The minimum Gasteiger partial charge on any atom is -0.484 e. The van der Waals surface area contributed by atoms with Gasteiger partial charge in [-0.2, -0.15) is 0 Å². The van der Waals surface area contributed by atoms with Gasteiger partial charge in [-0.15, -0.1) is 0 Å². The Bertz CT molecular complexity index is 1210. The van der Waals surface area contributed by atoms with Crippen molar-refractivity contribution >= 4 is 11.6 Å². The number of ether oxygens (including phenoxy) is 1. The van der Waals surface area contributed by atoms with Crippen molar-refractivity contribution in [1.29, 1.82) is 0 Å². The fourth-order valence-corrected chi connectivity index (χ4v) is 3.73. The highest BCUT2D eigenvalue weighted by atomic mass is 16.5. The molecule has 0 radical (unpaired) electrons. The molecule has 0 aliphatic heterocycles. The van der Waals surface area contributed by atoms with Crippen molar-refractivity contribution in [3.05, 3.63) is 90.1 Å². The third kappa shape index (κ3) is 4.42.